The van der Waals surface area contributed by atoms with Crippen LogP contribution in [0.2, 0.25) is 0 Å². The minimum Gasteiger partial charge on any atom is -0.341 e. The van der Waals surface area contributed by atoms with Crippen molar-refractivity contribution in [1.82, 2.24) is 10.7 Å². The number of anilines is 1. The van der Waals surface area contributed by atoms with Gasteiger partial charge in [-0.3, -0.25) is 5.73 Å². The Morgan fingerprint density at radius 2 is 2.15 bits per heavy atom. The second kappa shape index (κ2) is 3.06. The van der Waals surface area contributed by atoms with Crippen LogP contribution in [0.5, 0.6) is 0 Å². The highest BCUT2D eigenvalue weighted by Crippen LogP contribution is 2.17. The number of rotatable bonds is 1. The molecule has 0 unspecified atom stereocenters. The first-order chi connectivity index (χ1) is 6.25. The molecule has 2 aromatic rings. The zero-order valence-electron chi connectivity index (χ0n) is 6.79. The average molecular weight is 190 g/mol. The van der Waals surface area contributed by atoms with Crippen molar-refractivity contribution in [2.24, 2.45) is 0 Å². The van der Waals surface area contributed by atoms with E-state index in [-0.39, 0.29) is 5.11 Å². The average Bonchev–Trinajstić information content (AvgIpc) is 2.44. The van der Waals surface area contributed by atoms with Crippen molar-refractivity contribution in [2.75, 3.05) is 5.32 Å². The summed E-state index contributed by atoms with van der Waals surface area (Å²) in [6.45, 7) is 0. The van der Waals surface area contributed by atoms with Crippen LogP contribution in [0.15, 0.2) is 30.3 Å². The van der Waals surface area contributed by atoms with E-state index in [1.54, 1.807) is 0 Å². The third kappa shape index (κ3) is 1.62. The van der Waals surface area contributed by atoms with Gasteiger partial charge in [0.05, 0.1) is 0 Å². The van der Waals surface area contributed by atoms with E-state index < -0.39 is 0 Å². The normalized spacial score (nSPS) is 10.2. The van der Waals surface area contributed by atoms with Crippen molar-refractivity contribution >= 4 is 34.1 Å². The Kier molecular flexibility index (Phi) is 1.90. The van der Waals surface area contributed by atoms with Gasteiger partial charge >= 0.3 is 0 Å². The van der Waals surface area contributed by atoms with Gasteiger partial charge in [-0.05, 0) is 24.4 Å². The number of fused-ring (bicyclic) bond motifs is 1. The molecule has 0 atom stereocenters. The molecule has 3 nitrogen and oxygen atoms in total. The molecule has 0 saturated heterocycles. The summed E-state index contributed by atoms with van der Waals surface area (Å²) < 4.78 is 0. The molecule has 0 aliphatic heterocycles. The molecule has 4 heteroatoms. The van der Waals surface area contributed by atoms with Gasteiger partial charge < -0.3 is 10.3 Å². The summed E-state index contributed by atoms with van der Waals surface area (Å²) in [5, 5.41) is 3.87. The lowest BCUT2D eigenvalue weighted by Crippen LogP contribution is -2.08. The Labute approximate surface area is 80.9 Å². The minimum absolute atomic E-state index is 0.0200. The zero-order chi connectivity index (χ0) is 9.26. The fraction of sp³-hybridized carbons (Fsp3) is 0. The lowest BCUT2D eigenvalue weighted by atomic mass is 10.2. The topological polar surface area (TPSA) is 51.6 Å². The summed E-state index contributed by atoms with van der Waals surface area (Å²) >= 11 is 4.62. The van der Waals surface area contributed by atoms with Crippen LogP contribution in [0, 0.1) is 0 Å². The maximum atomic E-state index is 7.09. The van der Waals surface area contributed by atoms with E-state index in [2.05, 4.69) is 22.5 Å². The Morgan fingerprint density at radius 1 is 1.38 bits per heavy atom. The largest absolute Gasteiger partial charge is 0.341 e. The van der Waals surface area contributed by atoms with Crippen LogP contribution in [0.3, 0.4) is 0 Å². The van der Waals surface area contributed by atoms with E-state index in [1.165, 1.54) is 0 Å². The number of aromatic amines is 1. The fourth-order valence-electron chi connectivity index (χ4n) is 1.26. The maximum Gasteiger partial charge on any atom is 0.190 e. The van der Waals surface area contributed by atoms with Gasteiger partial charge in [0.2, 0.25) is 0 Å². The number of benzene rings is 1. The molecular weight excluding hydrogens is 182 g/mol. The van der Waals surface area contributed by atoms with Crippen molar-refractivity contribution < 1.29 is 0 Å². The van der Waals surface area contributed by atoms with Crippen LogP contribution in [-0.2, 0) is 0 Å². The van der Waals surface area contributed by atoms with Crippen molar-refractivity contribution in [3.63, 3.8) is 0 Å². The summed E-state index contributed by atoms with van der Waals surface area (Å²) in [4.78, 5) is 3.11. The van der Waals surface area contributed by atoms with Crippen molar-refractivity contribution in [1.29, 1.82) is 0 Å². The van der Waals surface area contributed by atoms with Gasteiger partial charge in [0, 0.05) is 10.9 Å². The predicted molar refractivity (Wildman–Crippen MR) is 57.6 cm³/mol. The number of aromatic nitrogens is 1. The monoisotopic (exact) mass is 190 g/mol. The van der Waals surface area contributed by atoms with Crippen LogP contribution in [0.4, 0.5) is 5.82 Å². The number of nitrogens with one attached hydrogen (secondary N) is 3. The molecule has 0 fully saturated rings. The van der Waals surface area contributed by atoms with Gasteiger partial charge in [-0.15, -0.1) is 0 Å². The Bertz CT molecular complexity index is 414. The van der Waals surface area contributed by atoms with Crippen LogP contribution in [0.1, 0.15) is 0 Å². The van der Waals surface area contributed by atoms with Crippen molar-refractivity contribution in [3.05, 3.63) is 30.3 Å². The van der Waals surface area contributed by atoms with Gasteiger partial charge in [-0.1, -0.05) is 18.2 Å². The molecule has 0 spiro atoms. The molecule has 0 saturated carbocycles. The summed E-state index contributed by atoms with van der Waals surface area (Å²) in [5.74, 6) is 0.765. The number of H-pyrrole nitrogens is 1. The number of hydrogen-bond acceptors (Lipinski definition) is 1. The summed E-state index contributed by atoms with van der Waals surface area (Å²) in [5.41, 5.74) is 8.13. The number of para-hydroxylation sites is 1. The third-order valence-corrected chi connectivity index (χ3v) is 1.88. The molecule has 0 aliphatic rings. The van der Waals surface area contributed by atoms with Gasteiger partial charge in [0.1, 0.15) is 5.82 Å². The Morgan fingerprint density at radius 3 is 2.85 bits per heavy atom. The van der Waals surface area contributed by atoms with Crippen LogP contribution in [0.25, 0.3) is 10.9 Å². The number of thiocarbonyl (C=S) groups is 1. The highest BCUT2D eigenvalue weighted by Gasteiger charge is 1.98. The lowest BCUT2D eigenvalue weighted by Gasteiger charge is -1.95. The summed E-state index contributed by atoms with van der Waals surface area (Å²) in [6.07, 6.45) is 0. The minimum atomic E-state index is 0.0200. The molecule has 0 bridgehead atoms. The predicted octanol–water partition coefficient (Wildman–Crippen LogP) is 2.15. The standard InChI is InChI=1S/C9H8N3S/c10-9(13)12-8-5-6-3-1-2-4-7(6)11-8/h1-5,10-11H,(H,12,13). The lowest BCUT2D eigenvalue weighted by molar-refractivity contribution is 1.44. The summed E-state index contributed by atoms with van der Waals surface area (Å²) in [6, 6.07) is 9.84. The van der Waals surface area contributed by atoms with Gasteiger partial charge in [0.25, 0.3) is 0 Å². The molecule has 1 aromatic carbocycles. The molecule has 1 aromatic heterocycles. The fourth-order valence-corrected chi connectivity index (χ4v) is 1.37. The van der Waals surface area contributed by atoms with E-state index >= 15 is 0 Å². The first-order valence-corrected chi connectivity index (χ1v) is 4.27. The summed E-state index contributed by atoms with van der Waals surface area (Å²) in [7, 11) is 0. The van der Waals surface area contributed by atoms with E-state index in [0.717, 1.165) is 16.7 Å². The molecule has 2 rings (SSSR count). The van der Waals surface area contributed by atoms with E-state index in [1.807, 2.05) is 30.3 Å². The molecule has 13 heavy (non-hydrogen) atoms. The Balaban J connectivity index is 2.44. The number of hydrogen-bond donors (Lipinski definition) is 2. The van der Waals surface area contributed by atoms with Crippen molar-refractivity contribution in [2.45, 2.75) is 0 Å². The molecule has 0 amide bonds. The van der Waals surface area contributed by atoms with E-state index in [9.17, 15) is 0 Å². The SMILES string of the molecule is [NH]C(=S)Nc1cc2ccccc2[nH]1. The van der Waals surface area contributed by atoms with Gasteiger partial charge in [-0.2, -0.15) is 0 Å². The van der Waals surface area contributed by atoms with Crippen LogP contribution < -0.4 is 11.1 Å². The maximum absolute atomic E-state index is 7.09. The van der Waals surface area contributed by atoms with E-state index in [0.29, 0.717) is 0 Å². The van der Waals surface area contributed by atoms with Crippen LogP contribution >= 0.6 is 12.2 Å². The molecular formula is C9H8N3S. The molecule has 65 valence electrons. The first-order valence-electron chi connectivity index (χ1n) is 3.86. The van der Waals surface area contributed by atoms with E-state index in [4.69, 9.17) is 5.73 Å². The third-order valence-electron chi connectivity index (χ3n) is 1.78. The first kappa shape index (κ1) is 8.07. The second-order valence-electron chi connectivity index (χ2n) is 2.72. The zero-order valence-corrected chi connectivity index (χ0v) is 7.61. The smallest absolute Gasteiger partial charge is 0.190 e. The van der Waals surface area contributed by atoms with Gasteiger partial charge in [-0.25, -0.2) is 0 Å². The highest BCUT2D eigenvalue weighted by atomic mass is 32.1. The second-order valence-corrected chi connectivity index (χ2v) is 3.13. The van der Waals surface area contributed by atoms with Gasteiger partial charge in [0.15, 0.2) is 5.11 Å². The molecule has 1 radical (unpaired) electrons. The quantitative estimate of drug-likeness (QED) is 0.677. The Hall–Kier alpha value is -1.55. The van der Waals surface area contributed by atoms with Crippen molar-refractivity contribution in [3.8, 4) is 0 Å². The highest BCUT2D eigenvalue weighted by molar-refractivity contribution is 7.80. The molecule has 1 heterocycles. The van der Waals surface area contributed by atoms with Crippen LogP contribution in [-0.4, -0.2) is 10.1 Å². The molecule has 0 aliphatic carbocycles. The molecule has 3 N–H and O–H groups in total.